The average molecular weight is 380 g/mol. The molecule has 0 aliphatic carbocycles. The predicted octanol–water partition coefficient (Wildman–Crippen LogP) is 2.92. The fourth-order valence-corrected chi connectivity index (χ4v) is 2.34. The number of carbonyl (C=O) groups excluding carboxylic acids is 1. The Balaban J connectivity index is 1.84. The normalized spacial score (nSPS) is 9.88. The molecule has 0 atom stereocenters. The minimum Gasteiger partial charge on any atom is -0.493 e. The van der Waals surface area contributed by atoms with E-state index in [0.717, 1.165) is 11.3 Å². The number of hydrazine groups is 1. The molecular formula is C17H18ClN3O3S. The number of thiocarbonyl (C=S) groups is 1. The largest absolute Gasteiger partial charge is 0.493 e. The molecule has 0 radical (unpaired) electrons. The number of methoxy groups -OCH3 is 2. The van der Waals surface area contributed by atoms with Crippen LogP contribution < -0.4 is 25.6 Å². The maximum Gasteiger partial charge on any atom is 0.242 e. The van der Waals surface area contributed by atoms with E-state index < -0.39 is 0 Å². The van der Waals surface area contributed by atoms with Crippen LogP contribution in [-0.2, 0) is 11.2 Å². The van der Waals surface area contributed by atoms with Crippen molar-refractivity contribution in [2.75, 3.05) is 19.5 Å². The maximum absolute atomic E-state index is 12.0. The molecule has 25 heavy (non-hydrogen) atoms. The molecule has 0 heterocycles. The van der Waals surface area contributed by atoms with Gasteiger partial charge in [-0.2, -0.15) is 0 Å². The molecule has 0 saturated heterocycles. The number of hydrogen-bond acceptors (Lipinski definition) is 4. The van der Waals surface area contributed by atoms with E-state index in [1.165, 1.54) is 0 Å². The molecule has 0 bridgehead atoms. The number of anilines is 1. The standard InChI is InChI=1S/C17H18ClN3O3S/c1-23-14-8-3-11(9-15(14)24-2)10-16(22)20-21-17(25)19-13-6-4-12(18)5-7-13/h3-9H,10H2,1-2H3,(H,20,22)(H2,19,21,25). The molecule has 0 spiro atoms. The molecule has 8 heteroatoms. The van der Waals surface area contributed by atoms with E-state index in [2.05, 4.69) is 16.2 Å². The lowest BCUT2D eigenvalue weighted by molar-refractivity contribution is -0.120. The molecule has 2 aromatic rings. The van der Waals surface area contributed by atoms with E-state index in [-0.39, 0.29) is 17.4 Å². The van der Waals surface area contributed by atoms with Gasteiger partial charge in [0.1, 0.15) is 0 Å². The highest BCUT2D eigenvalue weighted by Gasteiger charge is 2.08. The number of carbonyl (C=O) groups is 1. The second-order valence-electron chi connectivity index (χ2n) is 5.00. The Bertz CT molecular complexity index is 753. The van der Waals surface area contributed by atoms with E-state index in [1.54, 1.807) is 56.7 Å². The van der Waals surface area contributed by atoms with Crippen LogP contribution in [0.5, 0.6) is 11.5 Å². The van der Waals surface area contributed by atoms with Gasteiger partial charge in [0.15, 0.2) is 16.6 Å². The van der Waals surface area contributed by atoms with Crippen LogP contribution in [0.25, 0.3) is 0 Å². The van der Waals surface area contributed by atoms with E-state index in [4.69, 9.17) is 33.3 Å². The first-order valence-corrected chi connectivity index (χ1v) is 8.12. The van der Waals surface area contributed by atoms with Crippen molar-refractivity contribution in [1.29, 1.82) is 0 Å². The Kier molecular flexibility index (Phi) is 6.85. The van der Waals surface area contributed by atoms with Crippen molar-refractivity contribution in [2.45, 2.75) is 6.42 Å². The number of halogens is 1. The number of hydrogen-bond donors (Lipinski definition) is 3. The van der Waals surface area contributed by atoms with Crippen LogP contribution in [0.15, 0.2) is 42.5 Å². The van der Waals surface area contributed by atoms with Gasteiger partial charge in [0.25, 0.3) is 0 Å². The van der Waals surface area contributed by atoms with E-state index in [9.17, 15) is 4.79 Å². The molecule has 0 aliphatic rings. The lowest BCUT2D eigenvalue weighted by Crippen LogP contribution is -2.44. The lowest BCUT2D eigenvalue weighted by Gasteiger charge is -2.12. The Hall–Kier alpha value is -2.51. The third-order valence-electron chi connectivity index (χ3n) is 3.23. The van der Waals surface area contributed by atoms with Crippen LogP contribution >= 0.6 is 23.8 Å². The topological polar surface area (TPSA) is 71.6 Å². The van der Waals surface area contributed by atoms with Crippen molar-refractivity contribution in [3.63, 3.8) is 0 Å². The van der Waals surface area contributed by atoms with Gasteiger partial charge in [0.2, 0.25) is 5.91 Å². The van der Waals surface area contributed by atoms with Crippen molar-refractivity contribution in [1.82, 2.24) is 10.9 Å². The van der Waals surface area contributed by atoms with Gasteiger partial charge in [0, 0.05) is 10.7 Å². The number of benzene rings is 2. The first-order chi connectivity index (χ1) is 12.0. The van der Waals surface area contributed by atoms with Crippen LogP contribution in [0.4, 0.5) is 5.69 Å². The summed E-state index contributed by atoms with van der Waals surface area (Å²) >= 11 is 10.9. The molecule has 132 valence electrons. The second-order valence-corrected chi connectivity index (χ2v) is 5.84. The average Bonchev–Trinajstić information content (AvgIpc) is 2.62. The Morgan fingerprint density at radius 2 is 1.72 bits per heavy atom. The van der Waals surface area contributed by atoms with Gasteiger partial charge in [-0.25, -0.2) is 0 Å². The number of nitrogens with one attached hydrogen (secondary N) is 3. The monoisotopic (exact) mass is 379 g/mol. The first-order valence-electron chi connectivity index (χ1n) is 7.34. The van der Waals surface area contributed by atoms with Crippen LogP contribution in [-0.4, -0.2) is 25.2 Å². The number of amides is 1. The van der Waals surface area contributed by atoms with Crippen LogP contribution in [0, 0.1) is 0 Å². The molecule has 1 amide bonds. The van der Waals surface area contributed by atoms with Gasteiger partial charge in [0.05, 0.1) is 20.6 Å². The molecular weight excluding hydrogens is 362 g/mol. The summed E-state index contributed by atoms with van der Waals surface area (Å²) in [6.07, 6.45) is 0.164. The molecule has 6 nitrogen and oxygen atoms in total. The highest BCUT2D eigenvalue weighted by Crippen LogP contribution is 2.27. The molecule has 2 aromatic carbocycles. The zero-order valence-corrected chi connectivity index (χ0v) is 15.3. The summed E-state index contributed by atoms with van der Waals surface area (Å²) in [4.78, 5) is 12.0. The van der Waals surface area contributed by atoms with Gasteiger partial charge in [-0.1, -0.05) is 17.7 Å². The van der Waals surface area contributed by atoms with E-state index >= 15 is 0 Å². The minimum absolute atomic E-state index is 0.164. The molecule has 3 N–H and O–H groups in total. The maximum atomic E-state index is 12.0. The van der Waals surface area contributed by atoms with Crippen molar-refractivity contribution >= 4 is 40.5 Å². The summed E-state index contributed by atoms with van der Waals surface area (Å²) < 4.78 is 10.4. The van der Waals surface area contributed by atoms with E-state index in [0.29, 0.717) is 16.5 Å². The fourth-order valence-electron chi connectivity index (χ4n) is 2.04. The highest BCUT2D eigenvalue weighted by molar-refractivity contribution is 7.80. The minimum atomic E-state index is -0.243. The van der Waals surface area contributed by atoms with Crippen molar-refractivity contribution in [2.24, 2.45) is 0 Å². The summed E-state index contributed by atoms with van der Waals surface area (Å²) in [6.45, 7) is 0. The molecule has 0 aromatic heterocycles. The molecule has 2 rings (SSSR count). The smallest absolute Gasteiger partial charge is 0.242 e. The van der Waals surface area contributed by atoms with Crippen molar-refractivity contribution in [3.8, 4) is 11.5 Å². The second kappa shape index (κ2) is 9.10. The molecule has 0 saturated carbocycles. The van der Waals surface area contributed by atoms with Crippen LogP contribution in [0.3, 0.4) is 0 Å². The van der Waals surface area contributed by atoms with Crippen molar-refractivity contribution < 1.29 is 14.3 Å². The summed E-state index contributed by atoms with van der Waals surface area (Å²) in [5.41, 5.74) is 6.73. The van der Waals surface area contributed by atoms with Crippen LogP contribution in [0.2, 0.25) is 5.02 Å². The zero-order valence-electron chi connectivity index (χ0n) is 13.8. The number of ether oxygens (including phenoxy) is 2. The fraction of sp³-hybridized carbons (Fsp3) is 0.176. The quantitative estimate of drug-likeness (QED) is 0.548. The van der Waals surface area contributed by atoms with Crippen molar-refractivity contribution in [3.05, 3.63) is 53.1 Å². The summed E-state index contributed by atoms with van der Waals surface area (Å²) in [6, 6.07) is 12.3. The summed E-state index contributed by atoms with van der Waals surface area (Å²) in [7, 11) is 3.10. The molecule has 0 fully saturated rings. The predicted molar refractivity (Wildman–Crippen MR) is 102 cm³/mol. The number of rotatable bonds is 5. The first kappa shape index (κ1) is 18.8. The molecule has 0 unspecified atom stereocenters. The SMILES string of the molecule is COc1ccc(CC(=O)NNC(=S)Nc2ccc(Cl)cc2)cc1OC. The Morgan fingerprint density at radius 1 is 1.04 bits per heavy atom. The zero-order chi connectivity index (χ0) is 18.2. The van der Waals surface area contributed by atoms with Gasteiger partial charge in [-0.3, -0.25) is 15.6 Å². The summed E-state index contributed by atoms with van der Waals surface area (Å²) in [5, 5.41) is 3.83. The molecule has 0 aliphatic heterocycles. The van der Waals surface area contributed by atoms with Gasteiger partial charge in [-0.05, 0) is 54.2 Å². The Labute approximate surface area is 156 Å². The lowest BCUT2D eigenvalue weighted by atomic mass is 10.1. The van der Waals surface area contributed by atoms with E-state index in [1.807, 2.05) is 0 Å². The van der Waals surface area contributed by atoms with Gasteiger partial charge < -0.3 is 14.8 Å². The Morgan fingerprint density at radius 3 is 2.36 bits per heavy atom. The van der Waals surface area contributed by atoms with Gasteiger partial charge in [-0.15, -0.1) is 0 Å². The van der Waals surface area contributed by atoms with Gasteiger partial charge >= 0.3 is 0 Å². The third-order valence-corrected chi connectivity index (χ3v) is 3.69. The van der Waals surface area contributed by atoms with Crippen LogP contribution in [0.1, 0.15) is 5.56 Å². The highest BCUT2D eigenvalue weighted by atomic mass is 35.5. The summed E-state index contributed by atoms with van der Waals surface area (Å²) in [5.74, 6) is 0.936. The third kappa shape index (κ3) is 5.81.